The molecular weight excluding hydrogens is 276 g/mol. The number of nitriles is 1. The van der Waals surface area contributed by atoms with Crippen molar-refractivity contribution in [1.82, 2.24) is 0 Å². The average molecular weight is 283 g/mol. The van der Waals surface area contributed by atoms with Crippen LogP contribution in [-0.2, 0) is 0 Å². The highest BCUT2D eigenvalue weighted by Gasteiger charge is 2.24. The minimum Gasteiger partial charge on any atom is -0.172 e. The second-order valence-electron chi connectivity index (χ2n) is 3.80. The molecule has 2 aromatic rings. The number of hydrogen-bond donors (Lipinski definition) is 0. The number of benzene rings is 2. The number of halogens is 1. The Hall–Kier alpha value is -1.92. The molecule has 1 aliphatic carbocycles. The molecule has 3 heteroatoms. The summed E-state index contributed by atoms with van der Waals surface area (Å²) < 4.78 is 1.03. The van der Waals surface area contributed by atoms with Crippen LogP contribution in [0.3, 0.4) is 0 Å². The zero-order chi connectivity index (χ0) is 11.8. The van der Waals surface area contributed by atoms with Crippen LogP contribution in [-0.4, -0.2) is 5.71 Å². The molecule has 0 fully saturated rings. The summed E-state index contributed by atoms with van der Waals surface area (Å²) in [6.45, 7) is 0. The first kappa shape index (κ1) is 10.2. The summed E-state index contributed by atoms with van der Waals surface area (Å²) in [6, 6.07) is 14.0. The summed E-state index contributed by atoms with van der Waals surface area (Å²) in [5.41, 5.74) is 5.09. The van der Waals surface area contributed by atoms with Gasteiger partial charge in [0.1, 0.15) is 0 Å². The summed E-state index contributed by atoms with van der Waals surface area (Å²) in [4.78, 5) is 3.94. The van der Waals surface area contributed by atoms with Gasteiger partial charge in [0, 0.05) is 15.6 Å². The molecule has 0 bridgehead atoms. The predicted molar refractivity (Wildman–Crippen MR) is 70.8 cm³/mol. The number of rotatable bonds is 0. The molecule has 2 nitrogen and oxygen atoms in total. The Morgan fingerprint density at radius 1 is 0.941 bits per heavy atom. The van der Waals surface area contributed by atoms with Crippen LogP contribution in [0.5, 0.6) is 0 Å². The quantitative estimate of drug-likeness (QED) is 0.579. The van der Waals surface area contributed by atoms with Crippen LogP contribution in [0, 0.1) is 11.5 Å². The van der Waals surface area contributed by atoms with Gasteiger partial charge in [-0.3, -0.25) is 0 Å². The van der Waals surface area contributed by atoms with Gasteiger partial charge in [-0.05, 0) is 23.3 Å². The van der Waals surface area contributed by atoms with Crippen LogP contribution in [0.2, 0.25) is 0 Å². The molecule has 0 unspecified atom stereocenters. The van der Waals surface area contributed by atoms with Crippen molar-refractivity contribution in [3.05, 3.63) is 58.1 Å². The smallest absolute Gasteiger partial charge is 0.172 e. The zero-order valence-electron chi connectivity index (χ0n) is 8.81. The van der Waals surface area contributed by atoms with Crippen LogP contribution < -0.4 is 0 Å². The lowest BCUT2D eigenvalue weighted by atomic mass is 10.1. The van der Waals surface area contributed by atoms with E-state index in [9.17, 15) is 0 Å². The number of aliphatic imine (C=N–C) groups is 1. The van der Waals surface area contributed by atoms with E-state index in [0.717, 1.165) is 32.4 Å². The molecule has 3 rings (SSSR count). The fraction of sp³-hybridized carbons (Fsp3) is 0. The number of hydrogen-bond acceptors (Lipinski definition) is 2. The predicted octanol–water partition coefficient (Wildman–Crippen LogP) is 3.75. The molecule has 2 aromatic carbocycles. The molecule has 17 heavy (non-hydrogen) atoms. The van der Waals surface area contributed by atoms with Gasteiger partial charge in [0.15, 0.2) is 0 Å². The Kier molecular flexibility index (Phi) is 2.31. The molecule has 0 spiro atoms. The highest BCUT2D eigenvalue weighted by atomic mass is 79.9. The normalized spacial score (nSPS) is 14.2. The monoisotopic (exact) mass is 282 g/mol. The van der Waals surface area contributed by atoms with Crippen molar-refractivity contribution in [2.24, 2.45) is 4.99 Å². The largest absolute Gasteiger partial charge is 0.206 e. The summed E-state index contributed by atoms with van der Waals surface area (Å²) >= 11 is 3.47. The lowest BCUT2D eigenvalue weighted by Gasteiger charge is -1.99. The van der Waals surface area contributed by atoms with Gasteiger partial charge in [0.25, 0.3) is 0 Å². The van der Waals surface area contributed by atoms with E-state index in [4.69, 9.17) is 5.26 Å². The van der Waals surface area contributed by atoms with E-state index in [1.165, 1.54) is 0 Å². The van der Waals surface area contributed by atoms with Crippen molar-refractivity contribution in [2.75, 3.05) is 0 Å². The molecule has 0 saturated carbocycles. The average Bonchev–Trinajstić information content (AvgIpc) is 2.65. The van der Waals surface area contributed by atoms with Crippen LogP contribution >= 0.6 is 15.9 Å². The van der Waals surface area contributed by atoms with Crippen molar-refractivity contribution < 1.29 is 0 Å². The topological polar surface area (TPSA) is 36.1 Å². The third-order valence-corrected chi connectivity index (χ3v) is 3.36. The van der Waals surface area contributed by atoms with E-state index >= 15 is 0 Å². The van der Waals surface area contributed by atoms with Gasteiger partial charge in [-0.2, -0.15) is 10.3 Å². The fourth-order valence-electron chi connectivity index (χ4n) is 2.19. The van der Waals surface area contributed by atoms with Crippen molar-refractivity contribution in [3.8, 4) is 17.3 Å². The van der Waals surface area contributed by atoms with Gasteiger partial charge in [-0.25, -0.2) is 0 Å². The summed E-state index contributed by atoms with van der Waals surface area (Å²) in [5.74, 6) is 0. The zero-order valence-corrected chi connectivity index (χ0v) is 10.4. The highest BCUT2D eigenvalue weighted by molar-refractivity contribution is 9.10. The van der Waals surface area contributed by atoms with E-state index < -0.39 is 0 Å². The minimum atomic E-state index is 0.769. The highest BCUT2D eigenvalue weighted by Crippen LogP contribution is 2.38. The maximum absolute atomic E-state index is 8.79. The van der Waals surface area contributed by atoms with Crippen molar-refractivity contribution in [1.29, 1.82) is 5.26 Å². The molecule has 0 heterocycles. The molecule has 0 saturated heterocycles. The van der Waals surface area contributed by atoms with Gasteiger partial charge >= 0.3 is 0 Å². The van der Waals surface area contributed by atoms with Gasteiger partial charge in [0.05, 0.1) is 5.71 Å². The van der Waals surface area contributed by atoms with Crippen molar-refractivity contribution in [2.45, 2.75) is 0 Å². The standard InChI is InChI=1S/C14H7BrN2/c15-9-5-6-12-13(7-9)10-3-1-2-4-11(10)14(12)17-8-16/h1-7H/b17-14+. The summed E-state index contributed by atoms with van der Waals surface area (Å²) in [7, 11) is 0. The van der Waals surface area contributed by atoms with Crippen LogP contribution in [0.15, 0.2) is 51.9 Å². The fourth-order valence-corrected chi connectivity index (χ4v) is 2.55. The molecular formula is C14H7BrN2. The van der Waals surface area contributed by atoms with Crippen LogP contribution in [0.4, 0.5) is 0 Å². The summed E-state index contributed by atoms with van der Waals surface area (Å²) in [6.07, 6.45) is 1.88. The van der Waals surface area contributed by atoms with Gasteiger partial charge in [-0.15, -0.1) is 0 Å². The first-order chi connectivity index (χ1) is 8.31. The number of fused-ring (bicyclic) bond motifs is 3. The Morgan fingerprint density at radius 3 is 2.41 bits per heavy atom. The SMILES string of the molecule is N#C/N=C1\c2ccccc2-c2cc(Br)ccc21. The van der Waals surface area contributed by atoms with Crippen molar-refractivity contribution >= 4 is 21.6 Å². The first-order valence-corrected chi connectivity index (χ1v) is 5.97. The van der Waals surface area contributed by atoms with E-state index in [2.05, 4.69) is 33.1 Å². The molecule has 0 N–H and O–H groups in total. The van der Waals surface area contributed by atoms with Gasteiger partial charge in [-0.1, -0.05) is 46.3 Å². The minimum absolute atomic E-state index is 0.769. The van der Waals surface area contributed by atoms with E-state index in [0.29, 0.717) is 0 Å². The third kappa shape index (κ3) is 1.49. The van der Waals surface area contributed by atoms with Gasteiger partial charge < -0.3 is 0 Å². The maximum Gasteiger partial charge on any atom is 0.206 e. The van der Waals surface area contributed by atoms with Gasteiger partial charge in [0.2, 0.25) is 6.19 Å². The molecule has 0 atom stereocenters. The molecule has 0 aliphatic heterocycles. The first-order valence-electron chi connectivity index (χ1n) is 5.18. The van der Waals surface area contributed by atoms with E-state index in [1.54, 1.807) is 0 Å². The second-order valence-corrected chi connectivity index (χ2v) is 4.71. The molecule has 0 radical (unpaired) electrons. The lowest BCUT2D eigenvalue weighted by molar-refractivity contribution is 1.43. The lowest BCUT2D eigenvalue weighted by Crippen LogP contribution is -1.96. The van der Waals surface area contributed by atoms with E-state index in [-0.39, 0.29) is 0 Å². The maximum atomic E-state index is 8.79. The molecule has 0 aromatic heterocycles. The van der Waals surface area contributed by atoms with Crippen LogP contribution in [0.1, 0.15) is 11.1 Å². The Balaban J connectivity index is 2.39. The molecule has 1 aliphatic rings. The molecule has 0 amide bonds. The summed E-state index contributed by atoms with van der Waals surface area (Å²) in [5, 5.41) is 8.79. The Morgan fingerprint density at radius 2 is 1.65 bits per heavy atom. The van der Waals surface area contributed by atoms with Crippen LogP contribution in [0.25, 0.3) is 11.1 Å². The van der Waals surface area contributed by atoms with Crippen molar-refractivity contribution in [3.63, 3.8) is 0 Å². The second kappa shape index (κ2) is 3.83. The molecule has 80 valence electrons. The Bertz CT molecular complexity index is 681. The third-order valence-electron chi connectivity index (χ3n) is 2.87. The van der Waals surface area contributed by atoms with E-state index in [1.807, 2.05) is 36.5 Å². The Labute approximate surface area is 107 Å². The number of nitrogens with zero attached hydrogens (tertiary/aromatic N) is 2.